The van der Waals surface area contributed by atoms with Crippen molar-refractivity contribution >= 4 is 17.9 Å². The highest BCUT2D eigenvalue weighted by Gasteiger charge is 2.26. The van der Waals surface area contributed by atoms with Crippen molar-refractivity contribution in [1.82, 2.24) is 0 Å². The van der Waals surface area contributed by atoms with Crippen molar-refractivity contribution in [3.8, 4) is 11.5 Å². The summed E-state index contributed by atoms with van der Waals surface area (Å²) in [7, 11) is 0. The van der Waals surface area contributed by atoms with Crippen LogP contribution >= 0.6 is 0 Å². The SMILES string of the molecule is CCCCCCCCCCCCOc1ccc(C2C=NC(C(=O)O)=CN2c2ccccc2OCC(C)CC)cc1. The number of carboxylic acid groups (broad SMARTS) is 1. The van der Waals surface area contributed by atoms with Gasteiger partial charge >= 0.3 is 5.97 Å². The van der Waals surface area contributed by atoms with Crippen LogP contribution in [0, 0.1) is 5.92 Å². The van der Waals surface area contributed by atoms with Crippen LogP contribution in [0.2, 0.25) is 0 Å². The van der Waals surface area contributed by atoms with Crippen LogP contribution < -0.4 is 14.4 Å². The molecule has 0 saturated carbocycles. The van der Waals surface area contributed by atoms with Crippen LogP contribution in [0.5, 0.6) is 11.5 Å². The number of carbonyl (C=O) groups is 1. The van der Waals surface area contributed by atoms with Crippen LogP contribution in [0.15, 0.2) is 65.4 Å². The molecule has 0 radical (unpaired) electrons. The molecule has 2 aromatic rings. The number of unbranched alkanes of at least 4 members (excludes halogenated alkanes) is 9. The summed E-state index contributed by atoms with van der Waals surface area (Å²) < 4.78 is 12.2. The van der Waals surface area contributed by atoms with E-state index in [2.05, 4.69) is 25.8 Å². The van der Waals surface area contributed by atoms with Crippen molar-refractivity contribution in [2.75, 3.05) is 18.1 Å². The zero-order valence-corrected chi connectivity index (χ0v) is 24.7. The Morgan fingerprint density at radius 3 is 2.20 bits per heavy atom. The largest absolute Gasteiger partial charge is 0.494 e. The lowest BCUT2D eigenvalue weighted by Crippen LogP contribution is -2.29. The Kier molecular flexibility index (Phi) is 13.6. The van der Waals surface area contributed by atoms with Crippen molar-refractivity contribution in [3.05, 3.63) is 66.0 Å². The highest BCUT2D eigenvalue weighted by atomic mass is 16.5. The molecule has 40 heavy (non-hydrogen) atoms. The number of anilines is 1. The summed E-state index contributed by atoms with van der Waals surface area (Å²) in [5.41, 5.74) is 1.79. The maximum Gasteiger partial charge on any atom is 0.356 e. The van der Waals surface area contributed by atoms with E-state index in [-0.39, 0.29) is 11.7 Å². The number of nitrogens with zero attached hydrogens (tertiary/aromatic N) is 2. The molecular weight excluding hydrogens is 500 g/mol. The third-order valence-corrected chi connectivity index (χ3v) is 7.49. The summed E-state index contributed by atoms with van der Waals surface area (Å²) in [4.78, 5) is 17.9. The van der Waals surface area contributed by atoms with E-state index in [1.165, 1.54) is 57.8 Å². The van der Waals surface area contributed by atoms with E-state index >= 15 is 0 Å². The molecule has 2 unspecified atom stereocenters. The summed E-state index contributed by atoms with van der Waals surface area (Å²) in [6.07, 6.45) is 17.3. The van der Waals surface area contributed by atoms with Gasteiger partial charge in [-0.1, -0.05) is 109 Å². The van der Waals surface area contributed by atoms with E-state index in [0.717, 1.165) is 42.2 Å². The molecule has 2 aromatic carbocycles. The van der Waals surface area contributed by atoms with Crippen molar-refractivity contribution in [1.29, 1.82) is 0 Å². The molecule has 2 atom stereocenters. The number of aliphatic carboxylic acids is 1. The van der Waals surface area contributed by atoms with Crippen LogP contribution in [0.4, 0.5) is 5.69 Å². The third-order valence-electron chi connectivity index (χ3n) is 7.49. The number of hydrogen-bond donors (Lipinski definition) is 1. The maximum absolute atomic E-state index is 11.7. The van der Waals surface area contributed by atoms with Crippen molar-refractivity contribution < 1.29 is 19.4 Å². The lowest BCUT2D eigenvalue weighted by Gasteiger charge is -2.32. The van der Waals surface area contributed by atoms with Gasteiger partial charge in [-0.3, -0.25) is 0 Å². The standard InChI is InChI=1S/C34H48N2O4/c1-4-6-7-8-9-10-11-12-13-16-23-39-29-21-19-28(20-22-29)32-24-35-30(34(37)38)25-36(32)31-17-14-15-18-33(31)40-26-27(3)5-2/h14-15,17-22,24-25,27,32H,4-13,16,23,26H2,1-3H3,(H,37,38). The summed E-state index contributed by atoms with van der Waals surface area (Å²) in [6, 6.07) is 15.5. The van der Waals surface area contributed by atoms with Gasteiger partial charge in [-0.15, -0.1) is 0 Å². The molecule has 6 heteroatoms. The van der Waals surface area contributed by atoms with Gasteiger partial charge in [0.15, 0.2) is 5.70 Å². The highest BCUT2D eigenvalue weighted by molar-refractivity contribution is 5.92. The van der Waals surface area contributed by atoms with E-state index in [0.29, 0.717) is 12.5 Å². The number of hydrogen-bond acceptors (Lipinski definition) is 5. The number of ether oxygens (including phenoxy) is 2. The van der Waals surface area contributed by atoms with Crippen LogP contribution in [-0.2, 0) is 4.79 Å². The lowest BCUT2D eigenvalue weighted by molar-refractivity contribution is -0.132. The monoisotopic (exact) mass is 548 g/mol. The molecule has 0 bridgehead atoms. The number of rotatable bonds is 19. The topological polar surface area (TPSA) is 71.4 Å². The zero-order valence-electron chi connectivity index (χ0n) is 24.7. The van der Waals surface area contributed by atoms with Crippen LogP contribution in [0.1, 0.15) is 103 Å². The normalized spacial score (nSPS) is 15.5. The van der Waals surface area contributed by atoms with Gasteiger partial charge in [-0.2, -0.15) is 0 Å². The molecule has 0 spiro atoms. The third kappa shape index (κ3) is 10.0. The first kappa shape index (κ1) is 31.3. The number of carboxylic acids is 1. The van der Waals surface area contributed by atoms with E-state index in [9.17, 15) is 9.90 Å². The van der Waals surface area contributed by atoms with Crippen LogP contribution in [0.3, 0.4) is 0 Å². The van der Waals surface area contributed by atoms with E-state index in [4.69, 9.17) is 9.47 Å². The van der Waals surface area contributed by atoms with Crippen molar-refractivity contribution in [2.45, 2.75) is 97.4 Å². The highest BCUT2D eigenvalue weighted by Crippen LogP contribution is 2.37. The molecule has 0 aliphatic carbocycles. The van der Waals surface area contributed by atoms with Gasteiger partial charge in [0.2, 0.25) is 0 Å². The van der Waals surface area contributed by atoms with Gasteiger partial charge in [0.25, 0.3) is 0 Å². The first-order valence-corrected chi connectivity index (χ1v) is 15.3. The Morgan fingerprint density at radius 2 is 1.55 bits per heavy atom. The van der Waals surface area contributed by atoms with Gasteiger partial charge < -0.3 is 19.5 Å². The minimum absolute atomic E-state index is 0.00979. The first-order chi connectivity index (χ1) is 19.5. The van der Waals surface area contributed by atoms with Gasteiger partial charge in [0, 0.05) is 12.4 Å². The molecule has 1 heterocycles. The first-order valence-electron chi connectivity index (χ1n) is 15.3. The maximum atomic E-state index is 11.7. The van der Waals surface area contributed by atoms with E-state index in [1.807, 2.05) is 53.4 Å². The van der Waals surface area contributed by atoms with Gasteiger partial charge in [0.1, 0.15) is 11.5 Å². The summed E-state index contributed by atoms with van der Waals surface area (Å²) >= 11 is 0. The molecule has 1 aliphatic heterocycles. The Balaban J connectivity index is 1.57. The Hall–Kier alpha value is -3.28. The minimum Gasteiger partial charge on any atom is -0.494 e. The molecule has 218 valence electrons. The molecular formula is C34H48N2O4. The fourth-order valence-corrected chi connectivity index (χ4v) is 4.73. The van der Waals surface area contributed by atoms with Crippen LogP contribution in [0.25, 0.3) is 0 Å². The molecule has 0 fully saturated rings. The molecule has 6 nitrogen and oxygen atoms in total. The number of para-hydroxylation sites is 2. The lowest BCUT2D eigenvalue weighted by atomic mass is 10.0. The smallest absolute Gasteiger partial charge is 0.356 e. The second kappa shape index (κ2) is 17.4. The second-order valence-electron chi connectivity index (χ2n) is 10.8. The molecule has 0 saturated heterocycles. The molecule has 0 amide bonds. The average Bonchev–Trinajstić information content (AvgIpc) is 2.98. The van der Waals surface area contributed by atoms with E-state index < -0.39 is 5.97 Å². The van der Waals surface area contributed by atoms with Crippen molar-refractivity contribution in [2.24, 2.45) is 10.9 Å². The Morgan fingerprint density at radius 1 is 0.900 bits per heavy atom. The van der Waals surface area contributed by atoms with Crippen molar-refractivity contribution in [3.63, 3.8) is 0 Å². The van der Waals surface area contributed by atoms with Gasteiger partial charge in [-0.25, -0.2) is 9.79 Å². The molecule has 1 N–H and O–H groups in total. The summed E-state index contributed by atoms with van der Waals surface area (Å²) in [6.45, 7) is 7.88. The quantitative estimate of drug-likeness (QED) is 0.177. The predicted octanol–water partition coefficient (Wildman–Crippen LogP) is 8.97. The summed E-state index contributed by atoms with van der Waals surface area (Å²) in [5, 5.41) is 9.62. The second-order valence-corrected chi connectivity index (χ2v) is 10.8. The molecule has 3 rings (SSSR count). The Bertz CT molecular complexity index is 1080. The molecule has 1 aliphatic rings. The minimum atomic E-state index is -1.06. The Labute approximate surface area is 241 Å². The fourth-order valence-electron chi connectivity index (χ4n) is 4.73. The number of aliphatic imine (C=N–C) groups is 1. The number of benzene rings is 2. The predicted molar refractivity (Wildman–Crippen MR) is 165 cm³/mol. The van der Waals surface area contributed by atoms with E-state index in [1.54, 1.807) is 12.4 Å². The summed E-state index contributed by atoms with van der Waals surface area (Å²) in [5.74, 6) is 0.928. The fraction of sp³-hybridized carbons (Fsp3) is 0.529. The van der Waals surface area contributed by atoms with Crippen LogP contribution in [-0.4, -0.2) is 30.5 Å². The average molecular weight is 549 g/mol. The molecule has 0 aromatic heterocycles. The zero-order chi connectivity index (χ0) is 28.6. The van der Waals surface area contributed by atoms with Gasteiger partial charge in [0.05, 0.1) is 24.9 Å². The van der Waals surface area contributed by atoms with Gasteiger partial charge in [-0.05, 0) is 42.2 Å².